The lowest BCUT2D eigenvalue weighted by Gasteiger charge is -2.33. The van der Waals surface area contributed by atoms with E-state index in [0.717, 1.165) is 43.7 Å². The second kappa shape index (κ2) is 9.70. The topological polar surface area (TPSA) is 43.0 Å². The molecule has 7 heteroatoms. The lowest BCUT2D eigenvalue weighted by Crippen LogP contribution is -2.33. The smallest absolute Gasteiger partial charge is 0.203 e. The monoisotopic (exact) mass is 424 g/mol. The van der Waals surface area contributed by atoms with Crippen LogP contribution in [0.1, 0.15) is 23.6 Å². The van der Waals surface area contributed by atoms with E-state index in [1.165, 1.54) is 0 Å². The lowest BCUT2D eigenvalue weighted by atomic mass is 9.95. The molecule has 28 heavy (non-hydrogen) atoms. The van der Waals surface area contributed by atoms with Gasteiger partial charge in [-0.05, 0) is 42.8 Å². The van der Waals surface area contributed by atoms with Crippen LogP contribution >= 0.6 is 23.2 Å². The van der Waals surface area contributed by atoms with Gasteiger partial charge in [-0.2, -0.15) is 0 Å². The van der Waals surface area contributed by atoms with Gasteiger partial charge in [0.2, 0.25) is 5.75 Å². The zero-order valence-electron chi connectivity index (χ0n) is 16.4. The first-order chi connectivity index (χ1) is 13.6. The summed E-state index contributed by atoms with van der Waals surface area (Å²) in [5.74, 6) is 1.85. The normalized spacial score (nSPS) is 16.3. The van der Waals surface area contributed by atoms with Crippen molar-refractivity contribution in [2.45, 2.75) is 12.5 Å². The minimum Gasteiger partial charge on any atom is -0.493 e. The van der Waals surface area contributed by atoms with Gasteiger partial charge in [0.25, 0.3) is 0 Å². The summed E-state index contributed by atoms with van der Waals surface area (Å²) in [6, 6.07) is 9.48. The maximum absolute atomic E-state index is 6.64. The van der Waals surface area contributed by atoms with Crippen LogP contribution in [-0.4, -0.2) is 52.4 Å². The van der Waals surface area contributed by atoms with Gasteiger partial charge in [-0.15, -0.1) is 0 Å². The Morgan fingerprint density at radius 1 is 0.893 bits per heavy atom. The predicted molar refractivity (Wildman–Crippen MR) is 113 cm³/mol. The molecule has 3 rings (SSSR count). The molecule has 1 fully saturated rings. The maximum Gasteiger partial charge on any atom is 0.203 e. The molecular formula is C21H26Cl2N2O3. The molecule has 5 nitrogen and oxygen atoms in total. The molecule has 1 aliphatic rings. The Balaban J connectivity index is 2.18. The van der Waals surface area contributed by atoms with E-state index >= 15 is 0 Å². The zero-order chi connectivity index (χ0) is 20.1. The van der Waals surface area contributed by atoms with Gasteiger partial charge in [-0.3, -0.25) is 4.90 Å². The van der Waals surface area contributed by atoms with Crippen molar-refractivity contribution < 1.29 is 14.2 Å². The summed E-state index contributed by atoms with van der Waals surface area (Å²) < 4.78 is 16.8. The van der Waals surface area contributed by atoms with Crippen LogP contribution in [0.25, 0.3) is 0 Å². The molecule has 1 atom stereocenters. The number of hydrogen-bond donors (Lipinski definition) is 1. The van der Waals surface area contributed by atoms with Gasteiger partial charge in [0.1, 0.15) is 0 Å². The van der Waals surface area contributed by atoms with Gasteiger partial charge in [-0.25, -0.2) is 0 Å². The molecule has 0 bridgehead atoms. The fourth-order valence-electron chi connectivity index (χ4n) is 3.75. The van der Waals surface area contributed by atoms with Gasteiger partial charge in [0, 0.05) is 35.2 Å². The molecule has 0 radical (unpaired) electrons. The van der Waals surface area contributed by atoms with Crippen molar-refractivity contribution in [3.8, 4) is 17.2 Å². The fraction of sp³-hybridized carbons (Fsp3) is 0.429. The second-order valence-corrected chi connectivity index (χ2v) is 7.48. The summed E-state index contributed by atoms with van der Waals surface area (Å²) in [6.45, 7) is 3.74. The number of nitrogens with one attached hydrogen (secondary N) is 1. The Labute approximate surface area is 176 Å². The number of halogens is 2. The van der Waals surface area contributed by atoms with Crippen molar-refractivity contribution in [3.05, 3.63) is 51.5 Å². The molecule has 0 amide bonds. The second-order valence-electron chi connectivity index (χ2n) is 6.63. The Morgan fingerprint density at radius 2 is 1.64 bits per heavy atom. The molecule has 0 aromatic heterocycles. The Bertz CT molecular complexity index is 808. The fourth-order valence-corrected chi connectivity index (χ4v) is 4.26. The minimum atomic E-state index is -0.0978. The maximum atomic E-state index is 6.64. The molecule has 0 saturated carbocycles. The van der Waals surface area contributed by atoms with Crippen LogP contribution in [-0.2, 0) is 0 Å². The van der Waals surface area contributed by atoms with Gasteiger partial charge >= 0.3 is 0 Å². The third-order valence-corrected chi connectivity index (χ3v) is 5.59. The lowest BCUT2D eigenvalue weighted by molar-refractivity contribution is 0.233. The highest BCUT2D eigenvalue weighted by Gasteiger charge is 2.30. The molecule has 2 aromatic carbocycles. The quantitative estimate of drug-likeness (QED) is 0.743. The number of nitrogens with zero attached hydrogens (tertiary/aromatic N) is 1. The summed E-state index contributed by atoms with van der Waals surface area (Å²) >= 11 is 12.8. The molecule has 0 spiro atoms. The highest BCUT2D eigenvalue weighted by molar-refractivity contribution is 6.35. The third kappa shape index (κ3) is 4.33. The van der Waals surface area contributed by atoms with Crippen LogP contribution in [0.5, 0.6) is 17.2 Å². The van der Waals surface area contributed by atoms with Crippen molar-refractivity contribution in [1.29, 1.82) is 0 Å². The third-order valence-electron chi connectivity index (χ3n) is 5.03. The van der Waals surface area contributed by atoms with E-state index in [-0.39, 0.29) is 6.04 Å². The van der Waals surface area contributed by atoms with Crippen LogP contribution in [0.4, 0.5) is 0 Å². The van der Waals surface area contributed by atoms with Crippen LogP contribution in [0, 0.1) is 0 Å². The summed E-state index contributed by atoms with van der Waals surface area (Å²) in [7, 11) is 4.88. The van der Waals surface area contributed by atoms with E-state index in [4.69, 9.17) is 37.4 Å². The summed E-state index contributed by atoms with van der Waals surface area (Å²) in [5.41, 5.74) is 1.96. The predicted octanol–water partition coefficient (Wildman–Crippen LogP) is 4.40. The van der Waals surface area contributed by atoms with Gasteiger partial charge in [0.05, 0.1) is 27.4 Å². The van der Waals surface area contributed by atoms with Crippen molar-refractivity contribution in [2.75, 3.05) is 47.5 Å². The molecule has 152 valence electrons. The zero-order valence-corrected chi connectivity index (χ0v) is 17.9. The van der Waals surface area contributed by atoms with E-state index in [0.29, 0.717) is 27.3 Å². The van der Waals surface area contributed by atoms with Crippen LogP contribution in [0.3, 0.4) is 0 Å². The highest BCUT2D eigenvalue weighted by Crippen LogP contribution is 2.46. The number of hydrogen-bond acceptors (Lipinski definition) is 5. The molecule has 2 aromatic rings. The molecule has 1 heterocycles. The average Bonchev–Trinajstić information content (AvgIpc) is 2.98. The number of benzene rings is 2. The van der Waals surface area contributed by atoms with E-state index in [2.05, 4.69) is 10.2 Å². The van der Waals surface area contributed by atoms with Crippen molar-refractivity contribution in [2.24, 2.45) is 0 Å². The number of methoxy groups -OCH3 is 3. The van der Waals surface area contributed by atoms with Gasteiger partial charge < -0.3 is 19.5 Å². The van der Waals surface area contributed by atoms with Crippen LogP contribution in [0.15, 0.2) is 30.3 Å². The van der Waals surface area contributed by atoms with Crippen molar-refractivity contribution >= 4 is 23.2 Å². The van der Waals surface area contributed by atoms with E-state index in [9.17, 15) is 0 Å². The van der Waals surface area contributed by atoms with E-state index in [1.54, 1.807) is 27.4 Å². The molecule has 1 unspecified atom stereocenters. The first-order valence-electron chi connectivity index (χ1n) is 9.29. The Morgan fingerprint density at radius 3 is 2.32 bits per heavy atom. The molecular weight excluding hydrogens is 399 g/mol. The summed E-state index contributed by atoms with van der Waals surface area (Å²) in [6.07, 6.45) is 1.05. The SMILES string of the molecule is COc1ccc(C(c2ccc(Cl)cc2Cl)N2CCCNCC2)c(OC)c1OC. The molecule has 0 aliphatic carbocycles. The van der Waals surface area contributed by atoms with E-state index < -0.39 is 0 Å². The highest BCUT2D eigenvalue weighted by atomic mass is 35.5. The Kier molecular flexibility index (Phi) is 7.30. The first kappa shape index (κ1) is 21.1. The molecule has 1 saturated heterocycles. The van der Waals surface area contributed by atoms with Crippen molar-refractivity contribution in [3.63, 3.8) is 0 Å². The standard InChI is InChI=1S/C21H26Cl2N2O3/c1-26-18-8-7-16(20(27-2)21(18)28-3)19(25-11-4-9-24-10-12-25)15-6-5-14(22)13-17(15)23/h5-8,13,19,24H,4,9-12H2,1-3H3. The van der Waals surface area contributed by atoms with Gasteiger partial charge in [-0.1, -0.05) is 29.3 Å². The van der Waals surface area contributed by atoms with Gasteiger partial charge in [0.15, 0.2) is 11.5 Å². The van der Waals surface area contributed by atoms with Crippen LogP contribution in [0.2, 0.25) is 10.0 Å². The number of ether oxygens (including phenoxy) is 3. The number of rotatable bonds is 6. The average molecular weight is 425 g/mol. The van der Waals surface area contributed by atoms with E-state index in [1.807, 2.05) is 24.3 Å². The first-order valence-corrected chi connectivity index (χ1v) is 10.0. The summed E-state index contributed by atoms with van der Waals surface area (Å²) in [4.78, 5) is 2.42. The molecule has 1 aliphatic heterocycles. The van der Waals surface area contributed by atoms with Crippen molar-refractivity contribution in [1.82, 2.24) is 10.2 Å². The van der Waals surface area contributed by atoms with Crippen LogP contribution < -0.4 is 19.5 Å². The largest absolute Gasteiger partial charge is 0.493 e. The summed E-state index contributed by atoms with van der Waals surface area (Å²) in [5, 5.41) is 4.70. The Hall–Kier alpha value is -1.66. The molecule has 1 N–H and O–H groups in total. The minimum absolute atomic E-state index is 0.0978.